The van der Waals surface area contributed by atoms with Crippen molar-refractivity contribution in [2.75, 3.05) is 13.7 Å². The molecule has 0 aliphatic carbocycles. The van der Waals surface area contributed by atoms with Gasteiger partial charge < -0.3 is 4.74 Å². The number of hydrogen-bond donors (Lipinski definition) is 1. The van der Waals surface area contributed by atoms with Crippen molar-refractivity contribution in [2.45, 2.75) is 12.6 Å². The summed E-state index contributed by atoms with van der Waals surface area (Å²) in [5.74, 6) is 0. The van der Waals surface area contributed by atoms with Crippen molar-refractivity contribution in [1.82, 2.24) is 5.32 Å². The summed E-state index contributed by atoms with van der Waals surface area (Å²) in [4.78, 5) is 0. The molecule has 1 rings (SSSR count). The second kappa shape index (κ2) is 1.58. The number of nitrogens with one attached hydrogen (secondary N) is 1. The average molecular weight is 87.1 g/mol. The number of hydrogen-bond acceptors (Lipinski definition) is 2. The molecule has 0 unspecified atom stereocenters. The summed E-state index contributed by atoms with van der Waals surface area (Å²) < 4.78 is 4.97. The van der Waals surface area contributed by atoms with Crippen LogP contribution >= 0.6 is 0 Å². The van der Waals surface area contributed by atoms with Gasteiger partial charge in [-0.3, -0.25) is 5.32 Å². The van der Waals surface area contributed by atoms with E-state index in [0.29, 0.717) is 6.23 Å². The zero-order valence-corrected chi connectivity index (χ0v) is 3.90. The summed E-state index contributed by atoms with van der Waals surface area (Å²) in [5, 5.41) is 2.98. The van der Waals surface area contributed by atoms with Gasteiger partial charge in [0.05, 0.1) is 6.61 Å². The third-order valence-corrected chi connectivity index (χ3v) is 1.02. The van der Waals surface area contributed by atoms with Crippen LogP contribution in [0.5, 0.6) is 0 Å². The van der Waals surface area contributed by atoms with E-state index in [2.05, 4.69) is 5.32 Å². The average Bonchev–Trinajstić information content (AvgIpc) is 1.31. The highest BCUT2D eigenvalue weighted by Crippen LogP contribution is 2.04. The Hall–Kier alpha value is -0.0800. The van der Waals surface area contributed by atoms with Crippen molar-refractivity contribution >= 4 is 0 Å². The Labute approximate surface area is 37.5 Å². The van der Waals surface area contributed by atoms with Gasteiger partial charge in [0.15, 0.2) is 0 Å². The van der Waals surface area contributed by atoms with Gasteiger partial charge in [-0.15, -0.1) is 0 Å². The van der Waals surface area contributed by atoms with Gasteiger partial charge >= 0.3 is 0 Å². The minimum atomic E-state index is 0.366. The molecule has 1 saturated heterocycles. The largest absolute Gasteiger partial charge is 0.363 e. The standard InChI is InChI=1S/C4H9NO/c1-5-4-2-3-6-4/h4-5H,2-3H2,1H3/t4-/m0/s1. The summed E-state index contributed by atoms with van der Waals surface area (Å²) in [5.41, 5.74) is 0. The lowest BCUT2D eigenvalue weighted by Gasteiger charge is -2.25. The van der Waals surface area contributed by atoms with Gasteiger partial charge in [0.1, 0.15) is 6.23 Å². The SMILES string of the molecule is CN[C@@H]1CCO1. The monoisotopic (exact) mass is 87.1 g/mol. The summed E-state index contributed by atoms with van der Waals surface area (Å²) in [6.07, 6.45) is 1.54. The Bertz CT molecular complexity index is 40.1. The molecule has 6 heavy (non-hydrogen) atoms. The molecular weight excluding hydrogens is 78.0 g/mol. The third-order valence-electron chi connectivity index (χ3n) is 1.02. The van der Waals surface area contributed by atoms with Crippen molar-refractivity contribution in [3.8, 4) is 0 Å². The fraction of sp³-hybridized carbons (Fsp3) is 1.00. The predicted molar refractivity (Wildman–Crippen MR) is 23.4 cm³/mol. The first-order valence-electron chi connectivity index (χ1n) is 2.22. The molecule has 0 aromatic carbocycles. The zero-order valence-electron chi connectivity index (χ0n) is 3.90. The van der Waals surface area contributed by atoms with E-state index in [9.17, 15) is 0 Å². The Kier molecular flexibility index (Phi) is 1.08. The molecule has 0 bridgehead atoms. The molecule has 0 spiro atoms. The molecule has 1 fully saturated rings. The van der Waals surface area contributed by atoms with E-state index in [1.807, 2.05) is 7.05 Å². The molecule has 1 heterocycles. The Morgan fingerprint density at radius 3 is 2.50 bits per heavy atom. The third kappa shape index (κ3) is 0.533. The summed E-state index contributed by atoms with van der Waals surface area (Å²) >= 11 is 0. The van der Waals surface area contributed by atoms with E-state index >= 15 is 0 Å². The quantitative estimate of drug-likeness (QED) is 0.484. The first kappa shape index (κ1) is 4.09. The minimum Gasteiger partial charge on any atom is -0.363 e. The Morgan fingerprint density at radius 1 is 1.83 bits per heavy atom. The molecule has 0 radical (unpaired) electrons. The van der Waals surface area contributed by atoms with Crippen molar-refractivity contribution in [3.05, 3.63) is 0 Å². The molecule has 0 saturated carbocycles. The van der Waals surface area contributed by atoms with Crippen LogP contribution in [0.2, 0.25) is 0 Å². The molecule has 2 heteroatoms. The molecule has 36 valence electrons. The summed E-state index contributed by atoms with van der Waals surface area (Å²) in [6.45, 7) is 0.936. The van der Waals surface area contributed by atoms with Crippen LogP contribution in [0.1, 0.15) is 6.42 Å². The molecule has 1 atom stereocenters. The second-order valence-electron chi connectivity index (χ2n) is 1.44. The van der Waals surface area contributed by atoms with Gasteiger partial charge in [-0.05, 0) is 7.05 Å². The molecular formula is C4H9NO. The smallest absolute Gasteiger partial charge is 0.110 e. The lowest BCUT2D eigenvalue weighted by atomic mass is 10.3. The van der Waals surface area contributed by atoms with Crippen LogP contribution in [0.15, 0.2) is 0 Å². The Morgan fingerprint density at radius 2 is 2.50 bits per heavy atom. The van der Waals surface area contributed by atoms with E-state index in [1.54, 1.807) is 0 Å². The van der Waals surface area contributed by atoms with Gasteiger partial charge in [0.2, 0.25) is 0 Å². The van der Waals surface area contributed by atoms with E-state index in [4.69, 9.17) is 4.74 Å². The van der Waals surface area contributed by atoms with E-state index in [1.165, 1.54) is 6.42 Å². The maximum atomic E-state index is 4.97. The maximum absolute atomic E-state index is 4.97. The Balaban J connectivity index is 2.01. The van der Waals surface area contributed by atoms with Crippen LogP contribution in [-0.4, -0.2) is 19.9 Å². The van der Waals surface area contributed by atoms with Crippen LogP contribution in [-0.2, 0) is 4.74 Å². The van der Waals surface area contributed by atoms with Crippen LogP contribution in [0.3, 0.4) is 0 Å². The topological polar surface area (TPSA) is 21.3 Å². The number of ether oxygens (including phenoxy) is 1. The van der Waals surface area contributed by atoms with Crippen LogP contribution in [0.4, 0.5) is 0 Å². The maximum Gasteiger partial charge on any atom is 0.110 e. The fourth-order valence-electron chi connectivity index (χ4n) is 0.463. The van der Waals surface area contributed by atoms with Crippen molar-refractivity contribution in [3.63, 3.8) is 0 Å². The van der Waals surface area contributed by atoms with Crippen molar-refractivity contribution < 1.29 is 4.74 Å². The molecule has 1 aliphatic heterocycles. The molecule has 0 amide bonds. The molecule has 1 aliphatic rings. The molecule has 0 aromatic heterocycles. The lowest BCUT2D eigenvalue weighted by Crippen LogP contribution is -2.38. The van der Waals surface area contributed by atoms with E-state index in [0.717, 1.165) is 6.61 Å². The molecule has 2 nitrogen and oxygen atoms in total. The van der Waals surface area contributed by atoms with Gasteiger partial charge in [-0.1, -0.05) is 0 Å². The number of rotatable bonds is 1. The minimum absolute atomic E-state index is 0.366. The summed E-state index contributed by atoms with van der Waals surface area (Å²) in [6, 6.07) is 0. The van der Waals surface area contributed by atoms with Gasteiger partial charge in [-0.2, -0.15) is 0 Å². The normalized spacial score (nSPS) is 32.5. The van der Waals surface area contributed by atoms with E-state index in [-0.39, 0.29) is 0 Å². The van der Waals surface area contributed by atoms with Gasteiger partial charge in [0.25, 0.3) is 0 Å². The predicted octanol–water partition coefficient (Wildman–Crippen LogP) is -0.0478. The van der Waals surface area contributed by atoms with Crippen molar-refractivity contribution in [1.29, 1.82) is 0 Å². The fourth-order valence-corrected chi connectivity index (χ4v) is 0.463. The van der Waals surface area contributed by atoms with Crippen LogP contribution in [0.25, 0.3) is 0 Å². The summed E-state index contributed by atoms with van der Waals surface area (Å²) in [7, 11) is 1.91. The van der Waals surface area contributed by atoms with Gasteiger partial charge in [-0.25, -0.2) is 0 Å². The second-order valence-corrected chi connectivity index (χ2v) is 1.44. The first-order valence-corrected chi connectivity index (χ1v) is 2.22. The van der Waals surface area contributed by atoms with Gasteiger partial charge in [0, 0.05) is 6.42 Å². The first-order chi connectivity index (χ1) is 2.93. The highest BCUT2D eigenvalue weighted by molar-refractivity contribution is 4.59. The molecule has 0 aromatic rings. The molecule has 1 N–H and O–H groups in total. The van der Waals surface area contributed by atoms with Crippen molar-refractivity contribution in [2.24, 2.45) is 0 Å². The lowest BCUT2D eigenvalue weighted by molar-refractivity contribution is -0.0661. The van der Waals surface area contributed by atoms with Crippen LogP contribution in [0, 0.1) is 0 Å². The zero-order chi connectivity index (χ0) is 4.41. The highest BCUT2D eigenvalue weighted by atomic mass is 16.5. The van der Waals surface area contributed by atoms with Crippen LogP contribution < -0.4 is 5.32 Å². The van der Waals surface area contributed by atoms with E-state index < -0.39 is 0 Å². The highest BCUT2D eigenvalue weighted by Gasteiger charge is 2.13.